The summed E-state index contributed by atoms with van der Waals surface area (Å²) in [6.45, 7) is 0. The molecule has 1 unspecified atom stereocenters. The molecule has 2 aliphatic rings. The number of H-pyrrole nitrogens is 1. The molecule has 2 amide bonds. The minimum atomic E-state index is -0.541. The fraction of sp³-hybridized carbons (Fsp3) is 0.333. The second-order valence-corrected chi connectivity index (χ2v) is 8.04. The van der Waals surface area contributed by atoms with Crippen molar-refractivity contribution in [1.29, 1.82) is 0 Å². The number of benzene rings is 1. The first-order chi connectivity index (χ1) is 14.5. The number of nitrogens with one attached hydrogen (secondary N) is 2. The number of hydrogen-bond acceptors (Lipinski definition) is 6. The van der Waals surface area contributed by atoms with E-state index in [1.54, 1.807) is 30.6 Å². The van der Waals surface area contributed by atoms with Crippen molar-refractivity contribution in [3.63, 3.8) is 0 Å². The number of fused-ring (bicyclic) bond motifs is 3. The Labute approximate surface area is 172 Å². The van der Waals surface area contributed by atoms with Crippen LogP contribution in [0.25, 0.3) is 11.2 Å². The van der Waals surface area contributed by atoms with E-state index in [0.717, 1.165) is 25.7 Å². The summed E-state index contributed by atoms with van der Waals surface area (Å²) in [7, 11) is 0. The molecule has 154 valence electrons. The number of aromatic amines is 1. The molecule has 2 aromatic heterocycles. The van der Waals surface area contributed by atoms with Gasteiger partial charge < -0.3 is 26.7 Å². The van der Waals surface area contributed by atoms with Crippen molar-refractivity contribution in [3.05, 3.63) is 47.9 Å². The number of carbonyl (C=O) groups excluding carboxylic acids is 2. The maximum Gasteiger partial charge on any atom is 0.254 e. The molecule has 3 aromatic rings. The van der Waals surface area contributed by atoms with Gasteiger partial charge >= 0.3 is 0 Å². The molecule has 2 fully saturated rings. The van der Waals surface area contributed by atoms with Crippen molar-refractivity contribution in [2.24, 2.45) is 5.73 Å². The van der Waals surface area contributed by atoms with E-state index in [4.69, 9.17) is 11.5 Å². The summed E-state index contributed by atoms with van der Waals surface area (Å²) in [6, 6.07) is 7.51. The van der Waals surface area contributed by atoms with Crippen molar-refractivity contribution < 1.29 is 9.59 Å². The quantitative estimate of drug-likeness (QED) is 0.488. The van der Waals surface area contributed by atoms with E-state index in [9.17, 15) is 9.59 Å². The van der Waals surface area contributed by atoms with E-state index in [1.165, 1.54) is 6.20 Å². The predicted molar refractivity (Wildman–Crippen MR) is 113 cm³/mol. The lowest BCUT2D eigenvalue weighted by Gasteiger charge is -2.39. The highest BCUT2D eigenvalue weighted by atomic mass is 16.2. The Bertz CT molecular complexity index is 1110. The van der Waals surface area contributed by atoms with Crippen LogP contribution in [0.15, 0.2) is 36.8 Å². The first kappa shape index (κ1) is 18.4. The Morgan fingerprint density at radius 3 is 2.47 bits per heavy atom. The van der Waals surface area contributed by atoms with E-state index in [1.807, 2.05) is 4.90 Å². The fourth-order valence-electron chi connectivity index (χ4n) is 4.84. The number of aromatic nitrogens is 3. The van der Waals surface area contributed by atoms with Crippen LogP contribution < -0.4 is 16.8 Å². The van der Waals surface area contributed by atoms with E-state index in [-0.39, 0.29) is 24.0 Å². The molecular weight excluding hydrogens is 382 g/mol. The van der Waals surface area contributed by atoms with Crippen molar-refractivity contribution in [3.8, 4) is 0 Å². The van der Waals surface area contributed by atoms with Crippen LogP contribution in [-0.4, -0.2) is 49.8 Å². The van der Waals surface area contributed by atoms with Crippen LogP contribution in [0.4, 0.5) is 11.4 Å². The number of nitrogens with zero attached hydrogens (tertiary/aromatic N) is 3. The fourth-order valence-corrected chi connectivity index (χ4v) is 4.84. The Hall–Kier alpha value is -3.62. The average Bonchev–Trinajstić information content (AvgIpc) is 3.31. The smallest absolute Gasteiger partial charge is 0.254 e. The maximum absolute atomic E-state index is 13.1. The number of carbonyl (C=O) groups is 2. The summed E-state index contributed by atoms with van der Waals surface area (Å²) in [5, 5.41) is 3.50. The highest BCUT2D eigenvalue weighted by Crippen LogP contribution is 2.38. The topological polar surface area (TPSA) is 143 Å². The predicted octanol–water partition coefficient (Wildman–Crippen LogP) is 1.89. The molecular formula is C21H23N7O2. The summed E-state index contributed by atoms with van der Waals surface area (Å²) >= 11 is 0. The summed E-state index contributed by atoms with van der Waals surface area (Å²) in [5.74, 6) is -0.487. The molecule has 0 saturated carbocycles. The van der Waals surface area contributed by atoms with Crippen LogP contribution in [0.5, 0.6) is 0 Å². The van der Waals surface area contributed by atoms with Crippen LogP contribution in [-0.2, 0) is 0 Å². The average molecular weight is 405 g/mol. The number of piperidine rings is 1. The number of nitrogens with two attached hydrogens (primary N) is 2. The number of amides is 2. The molecule has 9 nitrogen and oxygen atoms in total. The summed E-state index contributed by atoms with van der Waals surface area (Å²) < 4.78 is 0. The van der Waals surface area contributed by atoms with Gasteiger partial charge in [-0.25, -0.2) is 9.97 Å². The van der Waals surface area contributed by atoms with Crippen LogP contribution in [0, 0.1) is 0 Å². The molecule has 6 N–H and O–H groups in total. The summed E-state index contributed by atoms with van der Waals surface area (Å²) in [6.07, 6.45) is 6.55. The van der Waals surface area contributed by atoms with Gasteiger partial charge in [-0.05, 0) is 49.9 Å². The Balaban J connectivity index is 1.38. The molecule has 5 rings (SSSR count). The van der Waals surface area contributed by atoms with Crippen molar-refractivity contribution in [2.75, 3.05) is 11.1 Å². The van der Waals surface area contributed by atoms with Gasteiger partial charge in [0.25, 0.3) is 11.8 Å². The maximum atomic E-state index is 13.1. The van der Waals surface area contributed by atoms with Gasteiger partial charge in [0.1, 0.15) is 5.52 Å². The van der Waals surface area contributed by atoms with Gasteiger partial charge in [-0.2, -0.15) is 0 Å². The lowest BCUT2D eigenvalue weighted by Crippen LogP contribution is -2.49. The third kappa shape index (κ3) is 3.02. The monoisotopic (exact) mass is 405 g/mol. The molecule has 0 spiro atoms. The van der Waals surface area contributed by atoms with Crippen LogP contribution >= 0.6 is 0 Å². The van der Waals surface area contributed by atoms with Gasteiger partial charge in [0, 0.05) is 35.6 Å². The molecule has 4 heterocycles. The molecule has 0 radical (unpaired) electrons. The molecule has 3 atom stereocenters. The lowest BCUT2D eigenvalue weighted by molar-refractivity contribution is 0.0583. The van der Waals surface area contributed by atoms with Gasteiger partial charge in [0.05, 0.1) is 17.6 Å². The lowest BCUT2D eigenvalue weighted by atomic mass is 9.95. The van der Waals surface area contributed by atoms with E-state index < -0.39 is 5.91 Å². The van der Waals surface area contributed by atoms with E-state index in [2.05, 4.69) is 20.3 Å². The van der Waals surface area contributed by atoms with E-state index in [0.29, 0.717) is 33.7 Å². The van der Waals surface area contributed by atoms with Gasteiger partial charge in [-0.3, -0.25) is 9.59 Å². The second-order valence-electron chi connectivity index (χ2n) is 8.04. The standard InChI is InChI=1S/C21H23N7O2/c22-12-3-1-11(2-4-12)21(30)28-14-5-6-15(28)8-13(7-14)27-17-16(19(23)29)9-24-20-18(17)25-10-26-20/h1-4,9-10,13-15H,5-8,22H2,(H2,23,29)(H2,24,25,26,27)/t13?,14-,15+. The Kier molecular flexibility index (Phi) is 4.30. The highest BCUT2D eigenvalue weighted by Gasteiger charge is 2.43. The number of imidazole rings is 1. The SMILES string of the molecule is NC(=O)c1cnc2nc[nH]c2c1NC1C[C@H]2CC[C@@H](C1)N2C(=O)c1ccc(N)cc1. The number of rotatable bonds is 4. The zero-order valence-electron chi connectivity index (χ0n) is 16.3. The van der Waals surface area contributed by atoms with E-state index >= 15 is 0 Å². The van der Waals surface area contributed by atoms with Crippen molar-refractivity contribution in [2.45, 2.75) is 43.8 Å². The summed E-state index contributed by atoms with van der Waals surface area (Å²) in [4.78, 5) is 38.5. The molecule has 2 bridgehead atoms. The van der Waals surface area contributed by atoms with Crippen LogP contribution in [0.3, 0.4) is 0 Å². The first-order valence-corrected chi connectivity index (χ1v) is 10.1. The van der Waals surface area contributed by atoms with Crippen LogP contribution in [0.1, 0.15) is 46.4 Å². The number of primary amides is 1. The molecule has 0 aliphatic carbocycles. The van der Waals surface area contributed by atoms with Crippen LogP contribution in [0.2, 0.25) is 0 Å². The van der Waals surface area contributed by atoms with Gasteiger partial charge in [-0.1, -0.05) is 0 Å². The third-order valence-electron chi connectivity index (χ3n) is 6.19. The zero-order valence-corrected chi connectivity index (χ0v) is 16.3. The van der Waals surface area contributed by atoms with Gasteiger partial charge in [0.15, 0.2) is 5.65 Å². The summed E-state index contributed by atoms with van der Waals surface area (Å²) in [5.41, 5.74) is 14.8. The number of hydrogen-bond donors (Lipinski definition) is 4. The minimum Gasteiger partial charge on any atom is -0.399 e. The largest absolute Gasteiger partial charge is 0.399 e. The van der Waals surface area contributed by atoms with Gasteiger partial charge in [-0.15, -0.1) is 0 Å². The third-order valence-corrected chi connectivity index (χ3v) is 6.19. The van der Waals surface area contributed by atoms with Crippen molar-refractivity contribution in [1.82, 2.24) is 19.9 Å². The number of anilines is 2. The minimum absolute atomic E-state index is 0.0543. The number of nitrogen functional groups attached to an aromatic ring is 1. The molecule has 9 heteroatoms. The molecule has 2 saturated heterocycles. The highest BCUT2D eigenvalue weighted by molar-refractivity contribution is 6.04. The Morgan fingerprint density at radius 1 is 1.10 bits per heavy atom. The Morgan fingerprint density at radius 2 is 1.80 bits per heavy atom. The molecule has 2 aliphatic heterocycles. The van der Waals surface area contributed by atoms with Gasteiger partial charge in [0.2, 0.25) is 0 Å². The van der Waals surface area contributed by atoms with Crippen molar-refractivity contribution >= 4 is 34.4 Å². The first-order valence-electron chi connectivity index (χ1n) is 10.1. The second kappa shape index (κ2) is 7.01. The normalized spacial score (nSPS) is 22.9. The molecule has 30 heavy (non-hydrogen) atoms. The number of pyridine rings is 1. The molecule has 1 aromatic carbocycles. The zero-order chi connectivity index (χ0) is 20.8.